The lowest BCUT2D eigenvalue weighted by Gasteiger charge is -2.19. The summed E-state index contributed by atoms with van der Waals surface area (Å²) < 4.78 is 29.3. The number of rotatable bonds is 30. The molecule has 1 saturated heterocycles. The number of aliphatic hydroxyl groups is 2. The normalized spacial score (nSPS) is 20.7. The third-order valence-electron chi connectivity index (χ3n) is 9.03. The number of phosphoric ester groups is 1. The van der Waals surface area contributed by atoms with Crippen LogP contribution in [-0.2, 0) is 18.3 Å². The van der Waals surface area contributed by atoms with Crippen LogP contribution < -0.4 is 5.69 Å². The average Bonchev–Trinajstić information content (AvgIpc) is 3.37. The van der Waals surface area contributed by atoms with Crippen molar-refractivity contribution in [2.45, 2.75) is 174 Å². The van der Waals surface area contributed by atoms with Crippen molar-refractivity contribution in [3.8, 4) is 0 Å². The van der Waals surface area contributed by atoms with E-state index >= 15 is 0 Å². The third kappa shape index (κ3) is 18.4. The van der Waals surface area contributed by atoms with Gasteiger partial charge in [-0.3, -0.25) is 13.6 Å². The van der Waals surface area contributed by atoms with E-state index in [0.717, 1.165) is 62.6 Å². The fraction of sp³-hybridized carbons (Fsp3) is 0.861. The molecule has 1 fully saturated rings. The maximum absolute atomic E-state index is 12.8. The predicted octanol–water partition coefficient (Wildman–Crippen LogP) is 7.82. The molecule has 3 N–H and O–H groups in total. The molecular formula is C36H67N4O8P. The van der Waals surface area contributed by atoms with Gasteiger partial charge in [0.2, 0.25) is 0 Å². The Morgan fingerprint density at radius 2 is 1.33 bits per heavy atom. The lowest BCUT2D eigenvalue weighted by Crippen LogP contribution is -2.36. The SMILES string of the molecule is CCCCCCCCCCCCCCCCCCOP(=O)(O)OC[C@H]1O[C@@H](n2ccc(N=CN(CCCC)CCCC)nc2=O)C(O)C1O. The maximum atomic E-state index is 12.8. The van der Waals surface area contributed by atoms with Crippen molar-refractivity contribution >= 4 is 20.0 Å². The van der Waals surface area contributed by atoms with Crippen molar-refractivity contribution in [1.82, 2.24) is 14.5 Å². The molecule has 1 aromatic rings. The van der Waals surface area contributed by atoms with Crippen LogP contribution >= 0.6 is 7.82 Å². The second-order valence-electron chi connectivity index (χ2n) is 13.4. The minimum Gasteiger partial charge on any atom is -0.387 e. The number of phosphoric acid groups is 1. The molecule has 2 rings (SSSR count). The molecule has 5 atom stereocenters. The summed E-state index contributed by atoms with van der Waals surface area (Å²) >= 11 is 0. The number of aliphatic hydroxyl groups excluding tert-OH is 2. The lowest BCUT2D eigenvalue weighted by atomic mass is 10.0. The lowest BCUT2D eigenvalue weighted by molar-refractivity contribution is -0.0551. The fourth-order valence-corrected chi connectivity index (χ4v) is 6.66. The van der Waals surface area contributed by atoms with Crippen molar-refractivity contribution in [2.24, 2.45) is 4.99 Å². The van der Waals surface area contributed by atoms with Crippen LogP contribution in [0.5, 0.6) is 0 Å². The minimum atomic E-state index is -4.39. The Kier molecular flexibility index (Phi) is 23.2. The standard InChI is InChI=1S/C36H67N4O8P/c1-4-7-10-11-12-13-14-15-16-17-18-19-20-21-22-23-28-46-49(44,45)47-29-31-33(41)34(42)35(48-31)40-27-24-32(38-36(40)43)37-30-39(25-8-5-2)26-9-6-3/h24,27,30-31,33-35,41-42H,4-23,25-26,28-29H2,1-3H3,(H,44,45)/t31-,33?,34?,35-/m1/s1. The summed E-state index contributed by atoms with van der Waals surface area (Å²) in [7, 11) is -4.39. The Morgan fingerprint density at radius 3 is 1.84 bits per heavy atom. The highest BCUT2D eigenvalue weighted by molar-refractivity contribution is 7.47. The summed E-state index contributed by atoms with van der Waals surface area (Å²) in [5, 5.41) is 21.1. The first kappa shape index (κ1) is 43.5. The molecule has 1 aromatic heterocycles. The Balaban J connectivity index is 1.64. The van der Waals surface area contributed by atoms with Gasteiger partial charge in [-0.05, 0) is 25.3 Å². The van der Waals surface area contributed by atoms with Crippen LogP contribution in [0.15, 0.2) is 22.1 Å². The second-order valence-corrected chi connectivity index (χ2v) is 14.9. The number of ether oxygens (including phenoxy) is 1. The van der Waals surface area contributed by atoms with Gasteiger partial charge in [0.1, 0.15) is 18.3 Å². The molecule has 1 aliphatic heterocycles. The molecule has 1 aliphatic rings. The Morgan fingerprint density at radius 1 is 0.816 bits per heavy atom. The van der Waals surface area contributed by atoms with E-state index < -0.39 is 44.7 Å². The molecule has 0 saturated carbocycles. The summed E-state index contributed by atoms with van der Waals surface area (Å²) in [4.78, 5) is 33.4. The molecule has 13 heteroatoms. The van der Waals surface area contributed by atoms with Crippen LogP contribution in [0.2, 0.25) is 0 Å². The number of hydrogen-bond acceptors (Lipinski definition) is 9. The van der Waals surface area contributed by atoms with Gasteiger partial charge in [0.25, 0.3) is 0 Å². The quantitative estimate of drug-likeness (QED) is 0.0311. The van der Waals surface area contributed by atoms with E-state index in [9.17, 15) is 24.5 Å². The van der Waals surface area contributed by atoms with Gasteiger partial charge in [-0.25, -0.2) is 14.4 Å². The van der Waals surface area contributed by atoms with Crippen molar-refractivity contribution < 1.29 is 33.5 Å². The zero-order chi connectivity index (χ0) is 35.7. The minimum absolute atomic E-state index is 0.0798. The zero-order valence-corrected chi connectivity index (χ0v) is 31.5. The number of hydrogen-bond donors (Lipinski definition) is 3. The smallest absolute Gasteiger partial charge is 0.387 e. The van der Waals surface area contributed by atoms with Crippen molar-refractivity contribution in [2.75, 3.05) is 26.3 Å². The summed E-state index contributed by atoms with van der Waals surface area (Å²) in [5.41, 5.74) is -0.712. The van der Waals surface area contributed by atoms with E-state index in [1.807, 2.05) is 0 Å². The van der Waals surface area contributed by atoms with Crippen LogP contribution in [-0.4, -0.2) is 80.5 Å². The first-order valence-corrected chi connectivity index (χ1v) is 20.7. The summed E-state index contributed by atoms with van der Waals surface area (Å²) in [6, 6.07) is 1.52. The second kappa shape index (κ2) is 26.2. The highest BCUT2D eigenvalue weighted by Gasteiger charge is 2.45. The number of unbranched alkanes of at least 4 members (excludes halogenated alkanes) is 17. The van der Waals surface area contributed by atoms with E-state index in [2.05, 4.69) is 35.6 Å². The van der Waals surface area contributed by atoms with Gasteiger partial charge in [0.05, 0.1) is 19.6 Å². The monoisotopic (exact) mass is 714 g/mol. The number of nitrogens with zero attached hydrogens (tertiary/aromatic N) is 4. The van der Waals surface area contributed by atoms with E-state index in [0.29, 0.717) is 6.42 Å². The molecule has 0 radical (unpaired) electrons. The molecule has 0 bridgehead atoms. The van der Waals surface area contributed by atoms with Gasteiger partial charge in [0.15, 0.2) is 12.0 Å². The van der Waals surface area contributed by atoms with E-state index in [4.69, 9.17) is 13.8 Å². The van der Waals surface area contributed by atoms with E-state index in [1.54, 1.807) is 6.34 Å². The maximum Gasteiger partial charge on any atom is 0.472 e. The zero-order valence-electron chi connectivity index (χ0n) is 30.6. The van der Waals surface area contributed by atoms with Crippen LogP contribution in [0, 0.1) is 0 Å². The Labute approximate surface area is 295 Å². The molecule has 12 nitrogen and oxygen atoms in total. The van der Waals surface area contributed by atoms with Gasteiger partial charge in [-0.15, -0.1) is 0 Å². The molecule has 284 valence electrons. The van der Waals surface area contributed by atoms with Crippen LogP contribution in [0.4, 0.5) is 5.82 Å². The van der Waals surface area contributed by atoms with Crippen molar-refractivity contribution in [3.05, 3.63) is 22.7 Å². The van der Waals surface area contributed by atoms with E-state index in [1.165, 1.54) is 89.3 Å². The van der Waals surface area contributed by atoms with Gasteiger partial charge in [-0.1, -0.05) is 130 Å². The van der Waals surface area contributed by atoms with Gasteiger partial charge < -0.3 is 24.7 Å². The van der Waals surface area contributed by atoms with Gasteiger partial charge in [-0.2, -0.15) is 4.98 Å². The first-order valence-electron chi connectivity index (χ1n) is 19.2. The topological polar surface area (TPSA) is 156 Å². The Hall–Kier alpha value is -1.66. The number of aromatic nitrogens is 2. The molecule has 3 unspecified atom stereocenters. The van der Waals surface area contributed by atoms with Gasteiger partial charge >= 0.3 is 13.5 Å². The highest BCUT2D eigenvalue weighted by Crippen LogP contribution is 2.44. The van der Waals surface area contributed by atoms with Crippen LogP contribution in [0.3, 0.4) is 0 Å². The summed E-state index contributed by atoms with van der Waals surface area (Å²) in [5.74, 6) is 0.217. The molecule has 0 amide bonds. The molecule has 0 spiro atoms. The fourth-order valence-electron chi connectivity index (χ4n) is 5.89. The molecule has 0 aromatic carbocycles. The van der Waals surface area contributed by atoms with Crippen LogP contribution in [0.25, 0.3) is 0 Å². The number of aliphatic imine (C=N–C) groups is 1. The van der Waals surface area contributed by atoms with Gasteiger partial charge in [0, 0.05) is 19.3 Å². The average molecular weight is 715 g/mol. The third-order valence-corrected chi connectivity index (χ3v) is 10.0. The summed E-state index contributed by atoms with van der Waals surface area (Å²) in [6.45, 7) is 7.82. The molecule has 2 heterocycles. The van der Waals surface area contributed by atoms with Crippen LogP contribution in [0.1, 0.15) is 155 Å². The molecular weight excluding hydrogens is 647 g/mol. The van der Waals surface area contributed by atoms with Crippen molar-refractivity contribution in [3.63, 3.8) is 0 Å². The first-order chi connectivity index (χ1) is 23.7. The van der Waals surface area contributed by atoms with E-state index in [-0.39, 0.29) is 12.4 Å². The summed E-state index contributed by atoms with van der Waals surface area (Å²) in [6.07, 6.45) is 21.7. The molecule has 49 heavy (non-hydrogen) atoms. The Bertz CT molecular complexity index is 1110. The highest BCUT2D eigenvalue weighted by atomic mass is 31.2. The predicted molar refractivity (Wildman–Crippen MR) is 195 cm³/mol. The van der Waals surface area contributed by atoms with Crippen molar-refractivity contribution in [1.29, 1.82) is 0 Å². The largest absolute Gasteiger partial charge is 0.472 e. The molecule has 0 aliphatic carbocycles.